The standard InChI is InChI=1S/C14H18N4S/c1-10-8-11(5-6-12(10)15)19-9-14-17-16-13-4-2-3-7-18(13)14/h5-6,8H,2-4,7,9,15H2,1H3. The highest BCUT2D eigenvalue weighted by molar-refractivity contribution is 7.98. The Bertz CT molecular complexity index is 591. The summed E-state index contributed by atoms with van der Waals surface area (Å²) in [4.78, 5) is 1.24. The summed E-state index contributed by atoms with van der Waals surface area (Å²) >= 11 is 1.79. The highest BCUT2D eigenvalue weighted by atomic mass is 32.2. The fourth-order valence-corrected chi connectivity index (χ4v) is 3.29. The molecular formula is C14H18N4S. The van der Waals surface area contributed by atoms with Gasteiger partial charge in [0.15, 0.2) is 0 Å². The van der Waals surface area contributed by atoms with Crippen molar-refractivity contribution in [1.29, 1.82) is 0 Å². The topological polar surface area (TPSA) is 56.7 Å². The van der Waals surface area contributed by atoms with Crippen molar-refractivity contribution in [2.75, 3.05) is 5.73 Å². The first-order valence-electron chi connectivity index (χ1n) is 6.64. The molecule has 0 spiro atoms. The molecule has 1 aromatic carbocycles. The molecule has 0 atom stereocenters. The van der Waals surface area contributed by atoms with Crippen LogP contribution in [0.3, 0.4) is 0 Å². The van der Waals surface area contributed by atoms with E-state index in [0.717, 1.165) is 41.6 Å². The summed E-state index contributed by atoms with van der Waals surface area (Å²) in [6.45, 7) is 3.11. The van der Waals surface area contributed by atoms with Gasteiger partial charge in [0.2, 0.25) is 0 Å². The molecule has 0 bridgehead atoms. The third-order valence-corrected chi connectivity index (χ3v) is 4.54. The molecule has 3 rings (SSSR count). The Hall–Kier alpha value is -1.49. The van der Waals surface area contributed by atoms with Crippen LogP contribution in [0, 0.1) is 6.92 Å². The second-order valence-corrected chi connectivity index (χ2v) is 6.00. The second-order valence-electron chi connectivity index (χ2n) is 4.95. The van der Waals surface area contributed by atoms with E-state index in [1.165, 1.54) is 17.7 Å². The summed E-state index contributed by atoms with van der Waals surface area (Å²) in [6, 6.07) is 6.17. The minimum atomic E-state index is 0.851. The van der Waals surface area contributed by atoms with E-state index in [0.29, 0.717) is 0 Å². The van der Waals surface area contributed by atoms with Crippen LogP contribution < -0.4 is 5.73 Å². The fraction of sp³-hybridized carbons (Fsp3) is 0.429. The number of hydrogen-bond acceptors (Lipinski definition) is 4. The SMILES string of the molecule is Cc1cc(SCc2nnc3n2CCCC3)ccc1N. The van der Waals surface area contributed by atoms with Crippen LogP contribution in [0.4, 0.5) is 5.69 Å². The first-order chi connectivity index (χ1) is 9.24. The maximum atomic E-state index is 5.83. The van der Waals surface area contributed by atoms with Crippen molar-refractivity contribution in [1.82, 2.24) is 14.8 Å². The molecule has 1 aliphatic heterocycles. The van der Waals surface area contributed by atoms with Crippen molar-refractivity contribution in [3.63, 3.8) is 0 Å². The van der Waals surface area contributed by atoms with Gasteiger partial charge in [0.05, 0.1) is 5.75 Å². The highest BCUT2D eigenvalue weighted by Gasteiger charge is 2.15. The minimum absolute atomic E-state index is 0.851. The third-order valence-electron chi connectivity index (χ3n) is 3.55. The van der Waals surface area contributed by atoms with Gasteiger partial charge in [-0.2, -0.15) is 0 Å². The molecule has 100 valence electrons. The molecule has 2 aromatic rings. The number of aryl methyl sites for hydroxylation is 2. The predicted octanol–water partition coefficient (Wildman–Crippen LogP) is 2.80. The summed E-state index contributed by atoms with van der Waals surface area (Å²) in [7, 11) is 0. The molecule has 0 radical (unpaired) electrons. The van der Waals surface area contributed by atoms with Crippen molar-refractivity contribution in [3.05, 3.63) is 35.4 Å². The number of anilines is 1. The van der Waals surface area contributed by atoms with Crippen LogP contribution in [0.15, 0.2) is 23.1 Å². The Balaban J connectivity index is 1.72. The van der Waals surface area contributed by atoms with Gasteiger partial charge in [-0.3, -0.25) is 0 Å². The fourth-order valence-electron chi connectivity index (χ4n) is 2.36. The van der Waals surface area contributed by atoms with Gasteiger partial charge in [-0.05, 0) is 43.5 Å². The molecule has 0 saturated carbocycles. The molecule has 1 aliphatic rings. The van der Waals surface area contributed by atoms with E-state index in [-0.39, 0.29) is 0 Å². The van der Waals surface area contributed by atoms with Crippen LogP contribution >= 0.6 is 11.8 Å². The average molecular weight is 274 g/mol. The summed E-state index contributed by atoms with van der Waals surface area (Å²) in [5.41, 5.74) is 7.82. The van der Waals surface area contributed by atoms with Crippen LogP contribution in [0.5, 0.6) is 0 Å². The molecule has 2 N–H and O–H groups in total. The molecule has 0 saturated heterocycles. The lowest BCUT2D eigenvalue weighted by Gasteiger charge is -2.14. The Kier molecular flexibility index (Phi) is 3.46. The van der Waals surface area contributed by atoms with Crippen molar-refractivity contribution < 1.29 is 0 Å². The van der Waals surface area contributed by atoms with Crippen molar-refractivity contribution >= 4 is 17.4 Å². The number of rotatable bonds is 3. The van der Waals surface area contributed by atoms with Crippen LogP contribution in [-0.4, -0.2) is 14.8 Å². The highest BCUT2D eigenvalue weighted by Crippen LogP contribution is 2.26. The lowest BCUT2D eigenvalue weighted by molar-refractivity contribution is 0.513. The zero-order valence-corrected chi connectivity index (χ0v) is 11.9. The second kappa shape index (κ2) is 5.25. The van der Waals surface area contributed by atoms with Crippen LogP contribution in [0.2, 0.25) is 0 Å². The molecule has 4 nitrogen and oxygen atoms in total. The predicted molar refractivity (Wildman–Crippen MR) is 78.1 cm³/mol. The number of nitrogens with two attached hydrogens (primary N) is 1. The summed E-state index contributed by atoms with van der Waals surface area (Å²) in [5, 5.41) is 8.60. The molecule has 0 fully saturated rings. The van der Waals surface area contributed by atoms with Gasteiger partial charge in [0.1, 0.15) is 11.6 Å². The van der Waals surface area contributed by atoms with Gasteiger partial charge in [-0.15, -0.1) is 22.0 Å². The number of nitrogens with zero attached hydrogens (tertiary/aromatic N) is 3. The zero-order valence-electron chi connectivity index (χ0n) is 11.1. The number of hydrogen-bond donors (Lipinski definition) is 1. The van der Waals surface area contributed by atoms with E-state index in [2.05, 4.69) is 26.9 Å². The number of nitrogen functional groups attached to an aromatic ring is 1. The Labute approximate surface area is 117 Å². The molecule has 0 amide bonds. The van der Waals surface area contributed by atoms with Gasteiger partial charge in [0, 0.05) is 23.5 Å². The van der Waals surface area contributed by atoms with E-state index in [4.69, 9.17) is 5.73 Å². The Morgan fingerprint density at radius 3 is 3.05 bits per heavy atom. The van der Waals surface area contributed by atoms with E-state index < -0.39 is 0 Å². The van der Waals surface area contributed by atoms with Crippen molar-refractivity contribution in [2.24, 2.45) is 0 Å². The maximum absolute atomic E-state index is 5.83. The van der Waals surface area contributed by atoms with Gasteiger partial charge in [-0.25, -0.2) is 0 Å². The van der Waals surface area contributed by atoms with E-state index >= 15 is 0 Å². The van der Waals surface area contributed by atoms with Gasteiger partial charge < -0.3 is 10.3 Å². The third kappa shape index (κ3) is 2.61. The molecule has 1 aromatic heterocycles. The van der Waals surface area contributed by atoms with E-state index in [1.807, 2.05) is 13.0 Å². The monoisotopic (exact) mass is 274 g/mol. The number of thioether (sulfide) groups is 1. The Morgan fingerprint density at radius 2 is 2.21 bits per heavy atom. The van der Waals surface area contributed by atoms with Crippen molar-refractivity contribution in [3.8, 4) is 0 Å². The van der Waals surface area contributed by atoms with Crippen LogP contribution in [0.25, 0.3) is 0 Å². The number of aromatic nitrogens is 3. The van der Waals surface area contributed by atoms with E-state index in [1.54, 1.807) is 11.8 Å². The average Bonchev–Trinajstić information content (AvgIpc) is 2.83. The zero-order chi connectivity index (χ0) is 13.2. The lowest BCUT2D eigenvalue weighted by atomic mass is 10.2. The molecule has 0 unspecified atom stereocenters. The number of fused-ring (bicyclic) bond motifs is 1. The first kappa shape index (κ1) is 12.5. The van der Waals surface area contributed by atoms with Gasteiger partial charge >= 0.3 is 0 Å². The molecule has 2 heterocycles. The van der Waals surface area contributed by atoms with E-state index in [9.17, 15) is 0 Å². The maximum Gasteiger partial charge on any atom is 0.143 e. The molecule has 5 heteroatoms. The van der Waals surface area contributed by atoms with Crippen molar-refractivity contribution in [2.45, 2.75) is 43.4 Å². The van der Waals surface area contributed by atoms with Gasteiger partial charge in [-0.1, -0.05) is 0 Å². The minimum Gasteiger partial charge on any atom is -0.399 e. The molecular weight excluding hydrogens is 256 g/mol. The lowest BCUT2D eigenvalue weighted by Crippen LogP contribution is -2.12. The largest absolute Gasteiger partial charge is 0.399 e. The summed E-state index contributed by atoms with van der Waals surface area (Å²) < 4.78 is 2.28. The summed E-state index contributed by atoms with van der Waals surface area (Å²) in [5.74, 6) is 3.11. The summed E-state index contributed by atoms with van der Waals surface area (Å²) in [6.07, 6.45) is 3.55. The molecule has 0 aliphatic carbocycles. The Morgan fingerprint density at radius 1 is 1.32 bits per heavy atom. The molecule has 19 heavy (non-hydrogen) atoms. The normalized spacial score (nSPS) is 14.4. The quantitative estimate of drug-likeness (QED) is 0.690. The smallest absolute Gasteiger partial charge is 0.143 e. The first-order valence-corrected chi connectivity index (χ1v) is 7.62. The number of benzene rings is 1. The van der Waals surface area contributed by atoms with Gasteiger partial charge in [0.25, 0.3) is 0 Å². The van der Waals surface area contributed by atoms with Crippen LogP contribution in [0.1, 0.15) is 30.1 Å². The van der Waals surface area contributed by atoms with Crippen LogP contribution in [-0.2, 0) is 18.7 Å².